The van der Waals surface area contributed by atoms with E-state index in [-0.39, 0.29) is 5.91 Å². The number of unbranched alkanes of at least 4 members (excludes halogenated alkanes) is 1. The molecule has 2 heterocycles. The first kappa shape index (κ1) is 19.6. The fourth-order valence-corrected chi connectivity index (χ4v) is 3.87. The summed E-state index contributed by atoms with van der Waals surface area (Å²) in [5.41, 5.74) is 3.78. The third-order valence-electron chi connectivity index (χ3n) is 5.51. The van der Waals surface area contributed by atoms with Crippen LogP contribution in [-0.4, -0.2) is 52.6 Å². The van der Waals surface area contributed by atoms with Crippen molar-refractivity contribution in [3.05, 3.63) is 53.3 Å². The zero-order valence-electron chi connectivity index (χ0n) is 16.7. The molecule has 0 saturated carbocycles. The van der Waals surface area contributed by atoms with Crippen LogP contribution in [0.1, 0.15) is 55.3 Å². The Labute approximate surface area is 162 Å². The molecule has 0 bridgehead atoms. The maximum atomic E-state index is 12.4. The fourth-order valence-electron chi connectivity index (χ4n) is 3.87. The maximum absolute atomic E-state index is 12.4. The van der Waals surface area contributed by atoms with Gasteiger partial charge in [-0.05, 0) is 38.4 Å². The predicted octanol–water partition coefficient (Wildman–Crippen LogP) is 3.59. The zero-order chi connectivity index (χ0) is 19.1. The second kappa shape index (κ2) is 9.70. The molecule has 1 amide bonds. The number of hydrogen-bond acceptors (Lipinski definition) is 3. The lowest BCUT2D eigenvalue weighted by molar-refractivity contribution is -0.133. The molecule has 1 atom stereocenters. The van der Waals surface area contributed by atoms with Gasteiger partial charge in [-0.1, -0.05) is 43.7 Å². The molecular weight excluding hydrogens is 336 g/mol. The maximum Gasteiger partial charge on any atom is 0.222 e. The first-order valence-electron chi connectivity index (χ1n) is 10.2. The Morgan fingerprint density at radius 2 is 2.11 bits per heavy atom. The summed E-state index contributed by atoms with van der Waals surface area (Å²) >= 11 is 0. The quantitative estimate of drug-likeness (QED) is 0.736. The van der Waals surface area contributed by atoms with E-state index in [1.54, 1.807) is 0 Å². The van der Waals surface area contributed by atoms with Crippen LogP contribution < -0.4 is 0 Å². The molecule has 2 aromatic rings. The molecule has 0 spiro atoms. The van der Waals surface area contributed by atoms with Gasteiger partial charge in [-0.2, -0.15) is 5.10 Å². The molecular formula is C22H32N4O. The van der Waals surface area contributed by atoms with Gasteiger partial charge in [0.25, 0.3) is 0 Å². The lowest BCUT2D eigenvalue weighted by atomic mass is 9.91. The Morgan fingerprint density at radius 1 is 1.30 bits per heavy atom. The highest BCUT2D eigenvalue weighted by atomic mass is 16.2. The zero-order valence-corrected chi connectivity index (χ0v) is 16.7. The molecule has 0 aliphatic carbocycles. The summed E-state index contributed by atoms with van der Waals surface area (Å²) in [6.07, 6.45) is 6.84. The average Bonchev–Trinajstić information content (AvgIpc) is 3.14. The van der Waals surface area contributed by atoms with Gasteiger partial charge in [-0.15, -0.1) is 0 Å². The van der Waals surface area contributed by atoms with Crippen LogP contribution in [0.3, 0.4) is 0 Å². The predicted molar refractivity (Wildman–Crippen MR) is 109 cm³/mol. The molecule has 5 nitrogen and oxygen atoms in total. The van der Waals surface area contributed by atoms with Gasteiger partial charge in [0, 0.05) is 43.2 Å². The Bertz CT molecular complexity index is 712. The van der Waals surface area contributed by atoms with Crippen LogP contribution >= 0.6 is 0 Å². The largest absolute Gasteiger partial charge is 0.342 e. The molecule has 146 valence electrons. The standard InChI is InChI=1S/C22H32N4O/c1-3-4-13-25(2)16-20-15-23-24-22(20)19-10-11-21(27)26(17-19)14-12-18-8-6-5-7-9-18/h5-9,15,19H,3-4,10-14,16-17H2,1-2H3,(H,23,24). The highest BCUT2D eigenvalue weighted by molar-refractivity contribution is 5.77. The summed E-state index contributed by atoms with van der Waals surface area (Å²) in [4.78, 5) is 16.8. The number of carbonyl (C=O) groups excluding carboxylic acids is 1. The SMILES string of the molecule is CCCCN(C)Cc1cn[nH]c1C1CCC(=O)N(CCc2ccccc2)C1. The smallest absolute Gasteiger partial charge is 0.222 e. The van der Waals surface area contributed by atoms with Crippen LogP contribution in [0.4, 0.5) is 0 Å². The van der Waals surface area contributed by atoms with Crippen molar-refractivity contribution in [2.24, 2.45) is 0 Å². The van der Waals surface area contributed by atoms with E-state index in [0.29, 0.717) is 12.3 Å². The minimum atomic E-state index is 0.281. The van der Waals surface area contributed by atoms with Crippen LogP contribution in [0.15, 0.2) is 36.5 Å². The number of rotatable bonds is 9. The van der Waals surface area contributed by atoms with Crippen LogP contribution in [0, 0.1) is 0 Å². The Morgan fingerprint density at radius 3 is 2.89 bits per heavy atom. The molecule has 1 saturated heterocycles. The lowest BCUT2D eigenvalue weighted by Gasteiger charge is -2.33. The number of benzene rings is 1. The van der Waals surface area contributed by atoms with E-state index in [1.165, 1.54) is 29.7 Å². The summed E-state index contributed by atoms with van der Waals surface area (Å²) in [6.45, 7) is 5.83. The summed E-state index contributed by atoms with van der Waals surface area (Å²) in [5.74, 6) is 0.638. The second-order valence-corrected chi connectivity index (χ2v) is 7.71. The minimum Gasteiger partial charge on any atom is -0.342 e. The van der Waals surface area contributed by atoms with Crippen molar-refractivity contribution in [1.29, 1.82) is 0 Å². The van der Waals surface area contributed by atoms with Crippen LogP contribution in [-0.2, 0) is 17.8 Å². The van der Waals surface area contributed by atoms with E-state index in [4.69, 9.17) is 0 Å². The molecule has 27 heavy (non-hydrogen) atoms. The van der Waals surface area contributed by atoms with Gasteiger partial charge in [0.1, 0.15) is 0 Å². The summed E-state index contributed by atoms with van der Waals surface area (Å²) in [5, 5.41) is 7.54. The number of H-pyrrole nitrogens is 1. The molecule has 5 heteroatoms. The number of hydrogen-bond donors (Lipinski definition) is 1. The fraction of sp³-hybridized carbons (Fsp3) is 0.545. The molecule has 0 radical (unpaired) electrons. The van der Waals surface area contributed by atoms with Gasteiger partial charge in [0.15, 0.2) is 0 Å². The average molecular weight is 369 g/mol. The minimum absolute atomic E-state index is 0.281. The van der Waals surface area contributed by atoms with Crippen molar-refractivity contribution in [3.8, 4) is 0 Å². The molecule has 3 rings (SSSR count). The molecule has 1 aromatic carbocycles. The van der Waals surface area contributed by atoms with Gasteiger partial charge < -0.3 is 9.80 Å². The van der Waals surface area contributed by atoms with Crippen molar-refractivity contribution >= 4 is 5.91 Å². The van der Waals surface area contributed by atoms with E-state index in [1.807, 2.05) is 17.2 Å². The molecule has 1 N–H and O–H groups in total. The Hall–Kier alpha value is -2.14. The highest BCUT2D eigenvalue weighted by Gasteiger charge is 2.29. The van der Waals surface area contributed by atoms with Gasteiger partial charge in [-0.25, -0.2) is 0 Å². The molecule has 1 aliphatic rings. The number of aromatic amines is 1. The van der Waals surface area contributed by atoms with Crippen molar-refractivity contribution in [3.63, 3.8) is 0 Å². The van der Waals surface area contributed by atoms with Gasteiger partial charge in [0.05, 0.1) is 6.20 Å². The molecule has 1 aliphatic heterocycles. The van der Waals surface area contributed by atoms with E-state index < -0.39 is 0 Å². The number of aromatic nitrogens is 2. The third kappa shape index (κ3) is 5.42. The second-order valence-electron chi connectivity index (χ2n) is 7.71. The molecule has 1 fully saturated rings. The summed E-state index contributed by atoms with van der Waals surface area (Å²) < 4.78 is 0. The number of piperidine rings is 1. The monoisotopic (exact) mass is 368 g/mol. The van der Waals surface area contributed by atoms with E-state index in [9.17, 15) is 4.79 Å². The number of nitrogens with one attached hydrogen (secondary N) is 1. The lowest BCUT2D eigenvalue weighted by Crippen LogP contribution is -2.40. The molecule has 1 unspecified atom stereocenters. The van der Waals surface area contributed by atoms with Crippen molar-refractivity contribution in [1.82, 2.24) is 20.0 Å². The third-order valence-corrected chi connectivity index (χ3v) is 5.51. The molecule has 1 aromatic heterocycles. The van der Waals surface area contributed by atoms with Crippen LogP contribution in [0.25, 0.3) is 0 Å². The Kier molecular flexibility index (Phi) is 7.04. The van der Waals surface area contributed by atoms with Gasteiger partial charge in [0.2, 0.25) is 5.91 Å². The van der Waals surface area contributed by atoms with Gasteiger partial charge >= 0.3 is 0 Å². The van der Waals surface area contributed by atoms with Crippen LogP contribution in [0.2, 0.25) is 0 Å². The topological polar surface area (TPSA) is 52.2 Å². The van der Waals surface area contributed by atoms with Crippen molar-refractivity contribution in [2.45, 2.75) is 51.5 Å². The van der Waals surface area contributed by atoms with E-state index >= 15 is 0 Å². The number of likely N-dealkylation sites (tertiary alicyclic amines) is 1. The Balaban J connectivity index is 1.60. The summed E-state index contributed by atoms with van der Waals surface area (Å²) in [6, 6.07) is 10.4. The van der Waals surface area contributed by atoms with Gasteiger partial charge in [-0.3, -0.25) is 9.89 Å². The number of amides is 1. The number of carbonyl (C=O) groups is 1. The first-order chi connectivity index (χ1) is 13.2. The van der Waals surface area contributed by atoms with E-state index in [2.05, 4.69) is 53.3 Å². The normalized spacial score (nSPS) is 17.7. The van der Waals surface area contributed by atoms with Crippen molar-refractivity contribution < 1.29 is 4.79 Å². The van der Waals surface area contributed by atoms with Crippen LogP contribution in [0.5, 0.6) is 0 Å². The highest BCUT2D eigenvalue weighted by Crippen LogP contribution is 2.29. The number of nitrogens with zero attached hydrogens (tertiary/aromatic N) is 3. The van der Waals surface area contributed by atoms with Crippen molar-refractivity contribution in [2.75, 3.05) is 26.7 Å². The van der Waals surface area contributed by atoms with E-state index in [0.717, 1.165) is 39.0 Å². The first-order valence-corrected chi connectivity index (χ1v) is 10.2. The summed E-state index contributed by atoms with van der Waals surface area (Å²) in [7, 11) is 2.17.